The van der Waals surface area contributed by atoms with Crippen molar-refractivity contribution in [3.05, 3.63) is 48.2 Å². The topological polar surface area (TPSA) is 78.9 Å². The number of hydrogen-bond donors (Lipinski definition) is 1. The summed E-state index contributed by atoms with van der Waals surface area (Å²) in [6.07, 6.45) is 2.80. The van der Waals surface area contributed by atoms with E-state index in [1.54, 1.807) is 24.3 Å². The first-order valence-electron chi connectivity index (χ1n) is 4.95. The summed E-state index contributed by atoms with van der Waals surface area (Å²) in [6.45, 7) is 0. The highest BCUT2D eigenvalue weighted by Gasteiger charge is 2.08. The lowest BCUT2D eigenvalue weighted by atomic mass is 10.2. The lowest BCUT2D eigenvalue weighted by molar-refractivity contribution is -0.115. The van der Waals surface area contributed by atoms with Crippen molar-refractivity contribution in [3.63, 3.8) is 0 Å². The second-order valence-electron chi connectivity index (χ2n) is 3.36. The maximum Gasteiger partial charge on any atom is 0.230 e. The quantitative estimate of drug-likeness (QED) is 0.865. The fourth-order valence-electron chi connectivity index (χ4n) is 1.37. The summed E-state index contributed by atoms with van der Waals surface area (Å²) in [7, 11) is 0. The minimum atomic E-state index is -0.235. The van der Waals surface area contributed by atoms with E-state index in [0.717, 1.165) is 0 Å². The molecule has 0 atom stereocenters. The molecule has 1 aromatic heterocycles. The Morgan fingerprint density at radius 2 is 2.29 bits per heavy atom. The molecular formula is C12H9N3O2. The van der Waals surface area contributed by atoms with Crippen LogP contribution in [-0.4, -0.2) is 10.9 Å². The maximum atomic E-state index is 11.6. The van der Waals surface area contributed by atoms with Crippen molar-refractivity contribution in [1.29, 1.82) is 5.26 Å². The van der Waals surface area contributed by atoms with Crippen LogP contribution in [0.1, 0.15) is 11.3 Å². The summed E-state index contributed by atoms with van der Waals surface area (Å²) in [5, 5.41) is 11.5. The Morgan fingerprint density at radius 3 is 3.00 bits per heavy atom. The molecule has 84 valence electrons. The van der Waals surface area contributed by atoms with Crippen molar-refractivity contribution in [2.24, 2.45) is 0 Å². The summed E-state index contributed by atoms with van der Waals surface area (Å²) in [5.41, 5.74) is 1.49. The van der Waals surface area contributed by atoms with Crippen LogP contribution in [0.15, 0.2) is 41.3 Å². The summed E-state index contributed by atoms with van der Waals surface area (Å²) in [5.74, 6) is -0.235. The molecule has 0 saturated carbocycles. The molecule has 0 unspecified atom stereocenters. The van der Waals surface area contributed by atoms with Crippen molar-refractivity contribution >= 4 is 11.6 Å². The van der Waals surface area contributed by atoms with E-state index in [0.29, 0.717) is 16.9 Å². The fraction of sp³-hybridized carbons (Fsp3) is 0.0833. The molecule has 5 heteroatoms. The molecule has 1 amide bonds. The van der Waals surface area contributed by atoms with Crippen LogP contribution >= 0.6 is 0 Å². The second kappa shape index (κ2) is 4.94. The van der Waals surface area contributed by atoms with Crippen LogP contribution in [0.3, 0.4) is 0 Å². The average molecular weight is 227 g/mol. The highest BCUT2D eigenvalue weighted by Crippen LogP contribution is 2.13. The third-order valence-electron chi connectivity index (χ3n) is 2.15. The maximum absolute atomic E-state index is 11.6. The van der Waals surface area contributed by atoms with Gasteiger partial charge in [0.05, 0.1) is 23.4 Å². The zero-order chi connectivity index (χ0) is 12.1. The Hall–Kier alpha value is -2.61. The van der Waals surface area contributed by atoms with E-state index < -0.39 is 0 Å². The van der Waals surface area contributed by atoms with Crippen LogP contribution in [-0.2, 0) is 11.2 Å². The number of carbonyl (C=O) groups excluding carboxylic acids is 1. The van der Waals surface area contributed by atoms with E-state index in [4.69, 9.17) is 9.68 Å². The number of nitriles is 1. The first-order valence-corrected chi connectivity index (χ1v) is 4.95. The summed E-state index contributed by atoms with van der Waals surface area (Å²) in [4.78, 5) is 15.5. The average Bonchev–Trinajstić information content (AvgIpc) is 2.82. The molecule has 5 nitrogen and oxygen atoms in total. The number of aromatic nitrogens is 1. The van der Waals surface area contributed by atoms with Crippen molar-refractivity contribution in [2.75, 3.05) is 5.32 Å². The van der Waals surface area contributed by atoms with E-state index in [1.807, 2.05) is 6.07 Å². The number of benzene rings is 1. The van der Waals surface area contributed by atoms with Gasteiger partial charge in [0, 0.05) is 0 Å². The van der Waals surface area contributed by atoms with Gasteiger partial charge in [-0.05, 0) is 12.1 Å². The van der Waals surface area contributed by atoms with Crippen molar-refractivity contribution in [3.8, 4) is 6.07 Å². The molecule has 0 aliphatic rings. The molecule has 17 heavy (non-hydrogen) atoms. The number of anilines is 1. The van der Waals surface area contributed by atoms with E-state index in [1.165, 1.54) is 12.7 Å². The Morgan fingerprint density at radius 1 is 1.47 bits per heavy atom. The van der Waals surface area contributed by atoms with Crippen molar-refractivity contribution < 1.29 is 9.21 Å². The summed E-state index contributed by atoms with van der Waals surface area (Å²) >= 11 is 0. The minimum Gasteiger partial charge on any atom is -0.451 e. The highest BCUT2D eigenvalue weighted by atomic mass is 16.3. The summed E-state index contributed by atoms with van der Waals surface area (Å²) in [6, 6.07) is 8.83. The highest BCUT2D eigenvalue weighted by molar-refractivity contribution is 5.93. The van der Waals surface area contributed by atoms with E-state index in [9.17, 15) is 4.79 Å². The molecule has 2 rings (SSSR count). The van der Waals surface area contributed by atoms with E-state index in [2.05, 4.69) is 10.3 Å². The van der Waals surface area contributed by atoms with Gasteiger partial charge in [0.15, 0.2) is 6.39 Å². The Kier molecular flexibility index (Phi) is 3.17. The summed E-state index contributed by atoms with van der Waals surface area (Å²) < 4.78 is 4.77. The van der Waals surface area contributed by atoms with Crippen LogP contribution in [0.2, 0.25) is 0 Å². The number of carbonyl (C=O) groups is 1. The van der Waals surface area contributed by atoms with Gasteiger partial charge in [-0.25, -0.2) is 4.98 Å². The van der Waals surface area contributed by atoms with Gasteiger partial charge in [-0.3, -0.25) is 4.79 Å². The van der Waals surface area contributed by atoms with Gasteiger partial charge in [0.2, 0.25) is 5.91 Å². The second-order valence-corrected chi connectivity index (χ2v) is 3.36. The lowest BCUT2D eigenvalue weighted by Gasteiger charge is -2.05. The molecule has 0 fully saturated rings. The first-order chi connectivity index (χ1) is 8.29. The van der Waals surface area contributed by atoms with E-state index >= 15 is 0 Å². The monoisotopic (exact) mass is 227 g/mol. The zero-order valence-electron chi connectivity index (χ0n) is 8.88. The van der Waals surface area contributed by atoms with Crippen molar-refractivity contribution in [1.82, 2.24) is 4.98 Å². The molecule has 0 aliphatic heterocycles. The number of rotatable bonds is 3. The van der Waals surface area contributed by atoms with Crippen LogP contribution in [0.25, 0.3) is 0 Å². The number of nitrogens with zero attached hydrogens (tertiary/aromatic N) is 2. The first kappa shape index (κ1) is 10.9. The SMILES string of the molecule is N#Cc1ccccc1NC(=O)Cc1cocn1. The predicted molar refractivity (Wildman–Crippen MR) is 60.0 cm³/mol. The molecule has 0 radical (unpaired) electrons. The smallest absolute Gasteiger partial charge is 0.230 e. The molecular weight excluding hydrogens is 218 g/mol. The number of para-hydroxylation sites is 1. The van der Waals surface area contributed by atoms with Crippen LogP contribution in [0.4, 0.5) is 5.69 Å². The Labute approximate surface area is 97.7 Å². The number of nitrogens with one attached hydrogen (secondary N) is 1. The fourth-order valence-corrected chi connectivity index (χ4v) is 1.37. The third kappa shape index (κ3) is 2.69. The predicted octanol–water partition coefficient (Wildman–Crippen LogP) is 1.73. The zero-order valence-corrected chi connectivity index (χ0v) is 8.88. The number of oxazole rings is 1. The molecule has 0 aliphatic carbocycles. The van der Waals surface area contributed by atoms with Crippen LogP contribution < -0.4 is 5.32 Å². The molecule has 1 heterocycles. The van der Waals surface area contributed by atoms with E-state index in [-0.39, 0.29) is 12.3 Å². The molecule has 1 aromatic carbocycles. The molecule has 0 bridgehead atoms. The van der Waals surface area contributed by atoms with Gasteiger partial charge in [-0.2, -0.15) is 5.26 Å². The van der Waals surface area contributed by atoms with Gasteiger partial charge in [-0.1, -0.05) is 12.1 Å². The number of amides is 1. The minimum absolute atomic E-state index is 0.121. The van der Waals surface area contributed by atoms with Gasteiger partial charge < -0.3 is 9.73 Å². The Balaban J connectivity index is 2.06. The van der Waals surface area contributed by atoms with Gasteiger partial charge in [0.1, 0.15) is 12.3 Å². The normalized spacial score (nSPS) is 9.59. The molecule has 2 aromatic rings. The lowest BCUT2D eigenvalue weighted by Crippen LogP contribution is -2.15. The van der Waals surface area contributed by atoms with Crippen molar-refractivity contribution in [2.45, 2.75) is 6.42 Å². The number of hydrogen-bond acceptors (Lipinski definition) is 4. The largest absolute Gasteiger partial charge is 0.451 e. The standard InChI is InChI=1S/C12H9N3O2/c13-6-9-3-1-2-4-11(9)15-12(16)5-10-7-17-8-14-10/h1-4,7-8H,5H2,(H,15,16). The third-order valence-corrected chi connectivity index (χ3v) is 2.15. The van der Waals surface area contributed by atoms with Gasteiger partial charge in [-0.15, -0.1) is 0 Å². The van der Waals surface area contributed by atoms with Crippen LogP contribution in [0, 0.1) is 11.3 Å². The van der Waals surface area contributed by atoms with Crippen LogP contribution in [0.5, 0.6) is 0 Å². The van der Waals surface area contributed by atoms with Gasteiger partial charge >= 0.3 is 0 Å². The molecule has 0 spiro atoms. The molecule has 0 saturated heterocycles. The Bertz CT molecular complexity index is 555. The van der Waals surface area contributed by atoms with Gasteiger partial charge in [0.25, 0.3) is 0 Å². The molecule has 1 N–H and O–H groups in total.